The molecule has 1 aromatic heterocycles. The van der Waals surface area contributed by atoms with Crippen LogP contribution in [0.15, 0.2) is 29.6 Å². The van der Waals surface area contributed by atoms with E-state index >= 15 is 0 Å². The van der Waals surface area contributed by atoms with E-state index in [1.165, 1.54) is 4.88 Å². The lowest BCUT2D eigenvalue weighted by molar-refractivity contribution is -0.118. The summed E-state index contributed by atoms with van der Waals surface area (Å²) in [6.07, 6.45) is 0.546. The van der Waals surface area contributed by atoms with Gasteiger partial charge in [0.15, 0.2) is 0 Å². The van der Waals surface area contributed by atoms with Crippen LogP contribution in [-0.2, 0) is 11.3 Å². The second kappa shape index (κ2) is 7.64. The summed E-state index contributed by atoms with van der Waals surface area (Å²) in [7, 11) is 0. The van der Waals surface area contributed by atoms with E-state index in [0.717, 1.165) is 5.56 Å². The van der Waals surface area contributed by atoms with Gasteiger partial charge < -0.3 is 15.5 Å². The lowest BCUT2D eigenvalue weighted by atomic mass is 10.2. The molecular formula is C17H17Cl2N3O2S. The summed E-state index contributed by atoms with van der Waals surface area (Å²) in [5, 5.41) is 8.35. The summed E-state index contributed by atoms with van der Waals surface area (Å²) in [4.78, 5) is 27.4. The average Bonchev–Trinajstić information content (AvgIpc) is 3.15. The van der Waals surface area contributed by atoms with Crippen molar-refractivity contribution in [1.82, 2.24) is 10.6 Å². The van der Waals surface area contributed by atoms with Gasteiger partial charge >= 0.3 is 6.03 Å². The number of amides is 3. The van der Waals surface area contributed by atoms with Crippen molar-refractivity contribution in [3.63, 3.8) is 0 Å². The van der Waals surface area contributed by atoms with Crippen LogP contribution in [0.25, 0.3) is 0 Å². The minimum Gasteiger partial charge on any atom is -0.334 e. The summed E-state index contributed by atoms with van der Waals surface area (Å²) in [6.45, 7) is 2.97. The van der Waals surface area contributed by atoms with Gasteiger partial charge in [-0.3, -0.25) is 4.79 Å². The van der Waals surface area contributed by atoms with Crippen LogP contribution in [0.4, 0.5) is 10.5 Å². The molecule has 0 saturated carbocycles. The Morgan fingerprint density at radius 2 is 2.12 bits per heavy atom. The van der Waals surface area contributed by atoms with Crippen molar-refractivity contribution in [3.8, 4) is 0 Å². The average molecular weight is 398 g/mol. The smallest absolute Gasteiger partial charge is 0.315 e. The number of thiophene rings is 1. The molecule has 2 heterocycles. The minimum atomic E-state index is -0.543. The maximum Gasteiger partial charge on any atom is 0.315 e. The number of benzene rings is 1. The Kier molecular flexibility index (Phi) is 5.51. The maximum absolute atomic E-state index is 12.5. The Morgan fingerprint density at radius 3 is 2.80 bits per heavy atom. The molecule has 0 spiro atoms. The number of urea groups is 1. The lowest BCUT2D eigenvalue weighted by Crippen LogP contribution is -2.45. The maximum atomic E-state index is 12.5. The molecule has 0 bridgehead atoms. The van der Waals surface area contributed by atoms with Gasteiger partial charge in [0.05, 0.1) is 10.0 Å². The van der Waals surface area contributed by atoms with Gasteiger partial charge in [0.25, 0.3) is 0 Å². The van der Waals surface area contributed by atoms with Crippen LogP contribution in [0.1, 0.15) is 16.9 Å². The third-order valence-corrected chi connectivity index (χ3v) is 5.61. The first-order chi connectivity index (χ1) is 11.9. The number of nitrogens with one attached hydrogen (secondary N) is 2. The Bertz CT molecular complexity index is 809. The molecular weight excluding hydrogens is 381 g/mol. The van der Waals surface area contributed by atoms with Gasteiger partial charge in [0.1, 0.15) is 6.04 Å². The summed E-state index contributed by atoms with van der Waals surface area (Å²) >= 11 is 13.6. The number of hydrogen-bond donors (Lipinski definition) is 2. The molecule has 1 saturated heterocycles. The Labute approximate surface area is 159 Å². The Balaban J connectivity index is 1.56. The van der Waals surface area contributed by atoms with Crippen LogP contribution in [0.5, 0.6) is 0 Å². The molecule has 132 valence electrons. The van der Waals surface area contributed by atoms with E-state index in [1.807, 2.05) is 18.4 Å². The first-order valence-electron chi connectivity index (χ1n) is 7.79. The van der Waals surface area contributed by atoms with Crippen molar-refractivity contribution >= 4 is 52.2 Å². The minimum absolute atomic E-state index is 0.153. The molecule has 1 atom stereocenters. The number of hydrogen-bond acceptors (Lipinski definition) is 3. The summed E-state index contributed by atoms with van der Waals surface area (Å²) in [5.74, 6) is -0.153. The quantitative estimate of drug-likeness (QED) is 0.819. The highest BCUT2D eigenvalue weighted by atomic mass is 35.5. The zero-order valence-electron chi connectivity index (χ0n) is 13.5. The predicted molar refractivity (Wildman–Crippen MR) is 102 cm³/mol. The monoisotopic (exact) mass is 397 g/mol. The number of carbonyl (C=O) groups excluding carboxylic acids is 2. The van der Waals surface area contributed by atoms with Crippen molar-refractivity contribution in [1.29, 1.82) is 0 Å². The molecule has 0 radical (unpaired) electrons. The highest BCUT2D eigenvalue weighted by Gasteiger charge is 2.33. The molecule has 25 heavy (non-hydrogen) atoms. The molecule has 1 aliphatic rings. The van der Waals surface area contributed by atoms with Gasteiger partial charge in [-0.1, -0.05) is 23.2 Å². The second-order valence-corrected chi connectivity index (χ2v) is 7.75. The molecule has 0 aliphatic carbocycles. The van der Waals surface area contributed by atoms with E-state index < -0.39 is 6.04 Å². The van der Waals surface area contributed by atoms with Gasteiger partial charge in [-0.05, 0) is 48.6 Å². The standard InChI is InChI=1S/C17H17Cl2N3O2S/c1-10-6-11(9-25-10)8-20-17(24)21-15-4-5-22(16(15)23)12-2-3-13(18)14(19)7-12/h2-3,6-7,9,15H,4-5,8H2,1H3,(H2,20,21,24). The van der Waals surface area contributed by atoms with Crippen molar-refractivity contribution in [2.75, 3.05) is 11.4 Å². The molecule has 2 N–H and O–H groups in total. The number of anilines is 1. The number of aryl methyl sites for hydroxylation is 1. The van der Waals surface area contributed by atoms with Crippen molar-refractivity contribution in [2.45, 2.75) is 25.9 Å². The molecule has 3 rings (SSSR count). The first-order valence-corrected chi connectivity index (χ1v) is 9.42. The molecule has 8 heteroatoms. The number of rotatable bonds is 4. The molecule has 1 fully saturated rings. The number of nitrogens with zero attached hydrogens (tertiary/aromatic N) is 1. The zero-order valence-corrected chi connectivity index (χ0v) is 15.8. The highest BCUT2D eigenvalue weighted by Crippen LogP contribution is 2.29. The molecule has 2 aromatic rings. The third-order valence-electron chi connectivity index (χ3n) is 3.96. The number of carbonyl (C=O) groups is 2. The SMILES string of the molecule is Cc1cc(CNC(=O)NC2CCN(c3ccc(Cl)c(Cl)c3)C2=O)cs1. The van der Waals surface area contributed by atoms with E-state index in [1.54, 1.807) is 34.4 Å². The normalized spacial score (nSPS) is 17.0. The van der Waals surface area contributed by atoms with E-state index in [9.17, 15) is 9.59 Å². The van der Waals surface area contributed by atoms with E-state index in [2.05, 4.69) is 10.6 Å². The predicted octanol–water partition coefficient (Wildman–Crippen LogP) is 3.97. The van der Waals surface area contributed by atoms with Crippen molar-refractivity contribution in [3.05, 3.63) is 50.1 Å². The third kappa shape index (κ3) is 4.26. The fourth-order valence-electron chi connectivity index (χ4n) is 2.71. The zero-order chi connectivity index (χ0) is 18.0. The second-order valence-electron chi connectivity index (χ2n) is 5.82. The summed E-state index contributed by atoms with van der Waals surface area (Å²) in [6, 6.07) is 6.19. The van der Waals surface area contributed by atoms with Crippen LogP contribution in [0.3, 0.4) is 0 Å². The first kappa shape index (κ1) is 18.0. The van der Waals surface area contributed by atoms with Crippen LogP contribution < -0.4 is 15.5 Å². The van der Waals surface area contributed by atoms with Crippen molar-refractivity contribution < 1.29 is 9.59 Å². The number of halogens is 2. The van der Waals surface area contributed by atoms with E-state index in [0.29, 0.717) is 35.2 Å². The van der Waals surface area contributed by atoms with Crippen LogP contribution in [-0.4, -0.2) is 24.5 Å². The van der Waals surface area contributed by atoms with E-state index in [4.69, 9.17) is 23.2 Å². The molecule has 1 aromatic carbocycles. The largest absolute Gasteiger partial charge is 0.334 e. The highest BCUT2D eigenvalue weighted by molar-refractivity contribution is 7.10. The topological polar surface area (TPSA) is 61.4 Å². The van der Waals surface area contributed by atoms with Crippen molar-refractivity contribution in [2.24, 2.45) is 0 Å². The molecule has 3 amide bonds. The van der Waals surface area contributed by atoms with Gasteiger partial charge in [0, 0.05) is 23.7 Å². The van der Waals surface area contributed by atoms with E-state index in [-0.39, 0.29) is 11.9 Å². The van der Waals surface area contributed by atoms with Crippen LogP contribution >= 0.6 is 34.5 Å². The van der Waals surface area contributed by atoms with Crippen LogP contribution in [0, 0.1) is 6.92 Å². The summed E-state index contributed by atoms with van der Waals surface area (Å²) in [5.41, 5.74) is 1.73. The molecule has 1 aliphatic heterocycles. The van der Waals surface area contributed by atoms with Gasteiger partial charge in [-0.25, -0.2) is 4.79 Å². The van der Waals surface area contributed by atoms with Gasteiger partial charge in [-0.15, -0.1) is 11.3 Å². The summed E-state index contributed by atoms with van der Waals surface area (Å²) < 4.78 is 0. The fraction of sp³-hybridized carbons (Fsp3) is 0.294. The van der Waals surface area contributed by atoms with Crippen LogP contribution in [0.2, 0.25) is 10.0 Å². The fourth-order valence-corrected chi connectivity index (χ4v) is 3.71. The lowest BCUT2D eigenvalue weighted by Gasteiger charge is -2.18. The molecule has 5 nitrogen and oxygen atoms in total. The van der Waals surface area contributed by atoms with Gasteiger partial charge in [-0.2, -0.15) is 0 Å². The molecule has 1 unspecified atom stereocenters. The Morgan fingerprint density at radius 1 is 1.32 bits per heavy atom. The Hall–Kier alpha value is -1.76. The van der Waals surface area contributed by atoms with Gasteiger partial charge in [0.2, 0.25) is 5.91 Å².